The lowest BCUT2D eigenvalue weighted by atomic mass is 10.1. The Kier molecular flexibility index (Phi) is 5.75. The molecule has 0 aliphatic carbocycles. The molecule has 0 fully saturated rings. The fraction of sp³-hybridized carbons (Fsp3) is 0.300. The Morgan fingerprint density at radius 2 is 1.96 bits per heavy atom. The van der Waals surface area contributed by atoms with Crippen LogP contribution in [-0.2, 0) is 6.42 Å². The standard InChI is InChI=1S/C20H23N7O/c1-13-19(24-14(2)25-20(13)28-3)23-11-7-10-17-16(12-21)18(22)27(26-17)15-8-5-4-6-9-15/h4-6,8-9H,7,10-11,22H2,1-3H3,(H,23,24,25). The number of methoxy groups -OCH3 is 1. The summed E-state index contributed by atoms with van der Waals surface area (Å²) in [5, 5.41) is 17.3. The minimum atomic E-state index is 0.365. The first-order valence-electron chi connectivity index (χ1n) is 9.01. The Labute approximate surface area is 164 Å². The fourth-order valence-corrected chi connectivity index (χ4v) is 2.98. The summed E-state index contributed by atoms with van der Waals surface area (Å²) in [5.41, 5.74) is 8.96. The zero-order chi connectivity index (χ0) is 20.1. The Bertz CT molecular complexity index is 1010. The van der Waals surface area contributed by atoms with Crippen molar-refractivity contribution in [1.29, 1.82) is 5.26 Å². The average molecular weight is 377 g/mol. The van der Waals surface area contributed by atoms with Gasteiger partial charge in [0.25, 0.3) is 0 Å². The molecule has 0 amide bonds. The van der Waals surface area contributed by atoms with Gasteiger partial charge in [-0.05, 0) is 38.8 Å². The number of nitrogens with zero attached hydrogens (tertiary/aromatic N) is 5. The molecule has 8 heteroatoms. The Balaban J connectivity index is 1.69. The van der Waals surface area contributed by atoms with Gasteiger partial charge in [-0.15, -0.1) is 0 Å². The number of nitrogen functional groups attached to an aromatic ring is 1. The van der Waals surface area contributed by atoms with Gasteiger partial charge >= 0.3 is 0 Å². The van der Waals surface area contributed by atoms with Crippen LogP contribution in [0.25, 0.3) is 5.69 Å². The van der Waals surface area contributed by atoms with Gasteiger partial charge in [0.15, 0.2) is 0 Å². The number of hydrogen-bond donors (Lipinski definition) is 2. The quantitative estimate of drug-likeness (QED) is 0.608. The van der Waals surface area contributed by atoms with Gasteiger partial charge in [-0.2, -0.15) is 15.3 Å². The molecule has 144 valence electrons. The highest BCUT2D eigenvalue weighted by atomic mass is 16.5. The second-order valence-electron chi connectivity index (χ2n) is 6.35. The second kappa shape index (κ2) is 8.39. The van der Waals surface area contributed by atoms with Gasteiger partial charge in [0.05, 0.1) is 24.1 Å². The first-order valence-corrected chi connectivity index (χ1v) is 9.01. The molecule has 8 nitrogen and oxygen atoms in total. The third kappa shape index (κ3) is 3.88. The van der Waals surface area contributed by atoms with E-state index < -0.39 is 0 Å². The lowest BCUT2D eigenvalue weighted by molar-refractivity contribution is 0.392. The minimum Gasteiger partial charge on any atom is -0.481 e. The number of nitrogens with two attached hydrogens (primary N) is 1. The topological polar surface area (TPSA) is 115 Å². The molecule has 0 bridgehead atoms. The number of aryl methyl sites for hydroxylation is 2. The molecule has 3 rings (SSSR count). The number of hydrogen-bond acceptors (Lipinski definition) is 7. The predicted octanol–water partition coefficient (Wildman–Crippen LogP) is 2.79. The Morgan fingerprint density at radius 3 is 2.64 bits per heavy atom. The van der Waals surface area contributed by atoms with Crippen LogP contribution in [0.15, 0.2) is 30.3 Å². The largest absolute Gasteiger partial charge is 0.481 e. The van der Waals surface area contributed by atoms with Crippen molar-refractivity contribution in [3.8, 4) is 17.6 Å². The summed E-state index contributed by atoms with van der Waals surface area (Å²) in [4.78, 5) is 8.68. The molecule has 0 saturated heterocycles. The summed E-state index contributed by atoms with van der Waals surface area (Å²) in [6, 6.07) is 11.7. The van der Waals surface area contributed by atoms with E-state index in [0.29, 0.717) is 41.7 Å². The van der Waals surface area contributed by atoms with E-state index in [0.717, 1.165) is 23.5 Å². The lowest BCUT2D eigenvalue weighted by Crippen LogP contribution is -2.09. The van der Waals surface area contributed by atoms with Gasteiger partial charge in [0.2, 0.25) is 5.88 Å². The predicted molar refractivity (Wildman–Crippen MR) is 108 cm³/mol. The van der Waals surface area contributed by atoms with Crippen LogP contribution in [0.4, 0.5) is 11.6 Å². The monoisotopic (exact) mass is 377 g/mol. The maximum absolute atomic E-state index is 9.49. The van der Waals surface area contributed by atoms with Crippen molar-refractivity contribution in [2.24, 2.45) is 0 Å². The van der Waals surface area contributed by atoms with E-state index in [1.807, 2.05) is 44.2 Å². The number of benzene rings is 1. The van der Waals surface area contributed by atoms with E-state index in [-0.39, 0.29) is 0 Å². The average Bonchev–Trinajstić information content (AvgIpc) is 3.03. The Hall–Kier alpha value is -3.60. The molecular formula is C20H23N7O. The first kappa shape index (κ1) is 19.2. The number of ether oxygens (including phenoxy) is 1. The van der Waals surface area contributed by atoms with Gasteiger partial charge in [-0.1, -0.05) is 18.2 Å². The maximum atomic E-state index is 9.49. The van der Waals surface area contributed by atoms with Gasteiger partial charge in [0.1, 0.15) is 29.1 Å². The van der Waals surface area contributed by atoms with Crippen molar-refractivity contribution in [1.82, 2.24) is 19.7 Å². The summed E-state index contributed by atoms with van der Waals surface area (Å²) >= 11 is 0. The summed E-state index contributed by atoms with van der Waals surface area (Å²) < 4.78 is 6.89. The van der Waals surface area contributed by atoms with Crippen LogP contribution in [-0.4, -0.2) is 33.4 Å². The van der Waals surface area contributed by atoms with Crippen LogP contribution < -0.4 is 15.8 Å². The van der Waals surface area contributed by atoms with Crippen molar-refractivity contribution in [2.75, 3.05) is 24.7 Å². The number of para-hydroxylation sites is 1. The van der Waals surface area contributed by atoms with Crippen LogP contribution in [0.1, 0.15) is 29.1 Å². The fourth-order valence-electron chi connectivity index (χ4n) is 2.98. The molecule has 3 N–H and O–H groups in total. The van der Waals surface area contributed by atoms with Gasteiger partial charge < -0.3 is 15.8 Å². The van der Waals surface area contributed by atoms with Gasteiger partial charge in [-0.3, -0.25) is 0 Å². The maximum Gasteiger partial charge on any atom is 0.221 e. The molecule has 2 aromatic heterocycles. The SMILES string of the molecule is COc1nc(C)nc(NCCCc2nn(-c3ccccc3)c(N)c2C#N)c1C. The van der Waals surface area contributed by atoms with Crippen LogP contribution in [0.2, 0.25) is 0 Å². The summed E-state index contributed by atoms with van der Waals surface area (Å²) in [6.07, 6.45) is 1.39. The number of nitrogens with one attached hydrogen (secondary N) is 1. The van der Waals surface area contributed by atoms with E-state index in [1.165, 1.54) is 0 Å². The molecular weight excluding hydrogens is 354 g/mol. The van der Waals surface area contributed by atoms with E-state index in [4.69, 9.17) is 10.5 Å². The summed E-state index contributed by atoms with van der Waals surface area (Å²) in [5.74, 6) is 2.32. The number of rotatable bonds is 7. The molecule has 0 spiro atoms. The van der Waals surface area contributed by atoms with Crippen LogP contribution in [0.3, 0.4) is 0 Å². The molecule has 3 aromatic rings. The third-order valence-corrected chi connectivity index (χ3v) is 4.40. The van der Waals surface area contributed by atoms with Crippen molar-refractivity contribution >= 4 is 11.6 Å². The number of anilines is 2. The zero-order valence-corrected chi connectivity index (χ0v) is 16.2. The van der Waals surface area contributed by atoms with E-state index >= 15 is 0 Å². The summed E-state index contributed by atoms with van der Waals surface area (Å²) in [6.45, 7) is 4.41. The smallest absolute Gasteiger partial charge is 0.221 e. The van der Waals surface area contributed by atoms with Crippen LogP contribution >= 0.6 is 0 Å². The highest BCUT2D eigenvalue weighted by Gasteiger charge is 2.16. The second-order valence-corrected chi connectivity index (χ2v) is 6.35. The minimum absolute atomic E-state index is 0.365. The van der Waals surface area contributed by atoms with Crippen LogP contribution in [0.5, 0.6) is 5.88 Å². The van der Waals surface area contributed by atoms with Gasteiger partial charge in [0, 0.05) is 6.54 Å². The lowest BCUT2D eigenvalue weighted by Gasteiger charge is -2.11. The van der Waals surface area contributed by atoms with Crippen LogP contribution in [0, 0.1) is 25.2 Å². The molecule has 2 heterocycles. The highest BCUT2D eigenvalue weighted by Crippen LogP contribution is 2.23. The zero-order valence-electron chi connectivity index (χ0n) is 16.2. The Morgan fingerprint density at radius 1 is 1.21 bits per heavy atom. The van der Waals surface area contributed by atoms with Gasteiger partial charge in [-0.25, -0.2) is 9.67 Å². The van der Waals surface area contributed by atoms with Crippen molar-refractivity contribution < 1.29 is 4.74 Å². The first-order chi connectivity index (χ1) is 13.5. The molecule has 0 atom stereocenters. The molecule has 0 radical (unpaired) electrons. The van der Waals surface area contributed by atoms with Crippen molar-refractivity contribution in [2.45, 2.75) is 26.7 Å². The third-order valence-electron chi connectivity index (χ3n) is 4.40. The normalized spacial score (nSPS) is 10.5. The molecule has 0 saturated carbocycles. The van der Waals surface area contributed by atoms with Crippen molar-refractivity contribution in [3.05, 3.63) is 53.0 Å². The number of aromatic nitrogens is 4. The molecule has 0 aliphatic heterocycles. The molecule has 28 heavy (non-hydrogen) atoms. The highest BCUT2D eigenvalue weighted by molar-refractivity contribution is 5.56. The summed E-state index contributed by atoms with van der Waals surface area (Å²) in [7, 11) is 1.59. The van der Waals surface area contributed by atoms with E-state index in [2.05, 4.69) is 26.5 Å². The van der Waals surface area contributed by atoms with E-state index in [9.17, 15) is 5.26 Å². The number of nitriles is 1. The molecule has 0 unspecified atom stereocenters. The van der Waals surface area contributed by atoms with E-state index in [1.54, 1.807) is 11.8 Å². The van der Waals surface area contributed by atoms with Crippen molar-refractivity contribution in [3.63, 3.8) is 0 Å². The molecule has 0 aliphatic rings. The molecule has 1 aromatic carbocycles.